The number of para-hydroxylation sites is 1. The van der Waals surface area contributed by atoms with E-state index in [4.69, 9.17) is 28.3 Å². The van der Waals surface area contributed by atoms with Crippen molar-refractivity contribution in [3.05, 3.63) is 86.0 Å². The number of amides is 1. The zero-order chi connectivity index (χ0) is 21.1. The predicted molar refractivity (Wildman–Crippen MR) is 105 cm³/mol. The lowest BCUT2D eigenvalue weighted by molar-refractivity contribution is -0.137. The monoisotopic (exact) mass is 437 g/mol. The van der Waals surface area contributed by atoms with Gasteiger partial charge in [-0.1, -0.05) is 41.4 Å². The molecule has 0 spiro atoms. The molecule has 0 saturated heterocycles. The summed E-state index contributed by atoms with van der Waals surface area (Å²) in [5.41, 5.74) is -0.438. The van der Waals surface area contributed by atoms with Crippen LogP contribution in [0.5, 0.6) is 0 Å². The number of carbonyl (C=O) groups excluding carboxylic acids is 1. The zero-order valence-electron chi connectivity index (χ0n) is 14.7. The van der Waals surface area contributed by atoms with Gasteiger partial charge in [0.2, 0.25) is 0 Å². The van der Waals surface area contributed by atoms with Crippen LogP contribution < -0.4 is 10.9 Å². The Morgan fingerprint density at radius 3 is 2.52 bits per heavy atom. The molecule has 1 atom stereocenters. The number of H-pyrrole nitrogens is 1. The first-order chi connectivity index (χ1) is 13.8. The third-order valence-corrected chi connectivity index (χ3v) is 4.83. The van der Waals surface area contributed by atoms with E-state index in [1.807, 2.05) is 0 Å². The molecule has 29 heavy (non-hydrogen) atoms. The molecule has 0 radical (unpaired) electrons. The third kappa shape index (κ3) is 4.67. The molecule has 1 aromatic heterocycles. The van der Waals surface area contributed by atoms with Crippen molar-refractivity contribution in [1.29, 1.82) is 0 Å². The zero-order valence-corrected chi connectivity index (χ0v) is 16.2. The van der Waals surface area contributed by atoms with Crippen LogP contribution in [0.1, 0.15) is 28.5 Å². The number of carbonyl (C=O) groups is 2. The van der Waals surface area contributed by atoms with E-state index < -0.39 is 35.7 Å². The normalized spacial score (nSPS) is 11.8. The minimum atomic E-state index is -1.15. The maximum atomic E-state index is 13.9. The summed E-state index contributed by atoms with van der Waals surface area (Å²) in [5, 5.41) is 14.7. The summed E-state index contributed by atoms with van der Waals surface area (Å²) in [6.45, 7) is 0. The topological polar surface area (TPSA) is 104 Å². The number of hydrogen-bond donors (Lipinski definition) is 3. The van der Waals surface area contributed by atoms with Gasteiger partial charge in [-0.3, -0.25) is 19.5 Å². The number of rotatable bonds is 6. The number of aromatic amines is 1. The molecule has 1 amide bonds. The van der Waals surface area contributed by atoms with E-state index in [0.717, 1.165) is 10.7 Å². The fourth-order valence-electron chi connectivity index (χ4n) is 2.72. The molecule has 10 heteroatoms. The van der Waals surface area contributed by atoms with Crippen LogP contribution in [-0.2, 0) is 4.79 Å². The lowest BCUT2D eigenvalue weighted by atomic mass is 10.0. The summed E-state index contributed by atoms with van der Waals surface area (Å²) in [6, 6.07) is 10.1. The van der Waals surface area contributed by atoms with Crippen LogP contribution >= 0.6 is 23.2 Å². The van der Waals surface area contributed by atoms with E-state index in [2.05, 4.69) is 10.4 Å². The highest BCUT2D eigenvalue weighted by Gasteiger charge is 2.22. The molecule has 0 aliphatic rings. The van der Waals surface area contributed by atoms with Crippen molar-refractivity contribution in [2.45, 2.75) is 12.5 Å². The second kappa shape index (κ2) is 8.50. The average molecular weight is 438 g/mol. The number of aliphatic carboxylic acids is 1. The van der Waals surface area contributed by atoms with Crippen molar-refractivity contribution < 1.29 is 19.1 Å². The van der Waals surface area contributed by atoms with Gasteiger partial charge in [-0.2, -0.15) is 0 Å². The second-order valence-electron chi connectivity index (χ2n) is 6.09. The molecule has 1 unspecified atom stereocenters. The summed E-state index contributed by atoms with van der Waals surface area (Å²) in [6.07, 6.45) is -0.429. The maximum Gasteiger partial charge on any atom is 0.305 e. The molecule has 0 bridgehead atoms. The Labute approximate surface area is 173 Å². The highest BCUT2D eigenvalue weighted by atomic mass is 35.5. The first kappa shape index (κ1) is 20.6. The van der Waals surface area contributed by atoms with E-state index in [1.54, 1.807) is 6.07 Å². The van der Waals surface area contributed by atoms with E-state index in [9.17, 15) is 18.8 Å². The van der Waals surface area contributed by atoms with Crippen molar-refractivity contribution in [3.63, 3.8) is 0 Å². The van der Waals surface area contributed by atoms with Gasteiger partial charge < -0.3 is 10.4 Å². The van der Waals surface area contributed by atoms with Gasteiger partial charge in [0.15, 0.2) is 0 Å². The van der Waals surface area contributed by atoms with Crippen molar-refractivity contribution in [1.82, 2.24) is 15.1 Å². The number of hydrogen-bond acceptors (Lipinski definition) is 3. The van der Waals surface area contributed by atoms with Crippen LogP contribution in [0.3, 0.4) is 0 Å². The predicted octanol–water partition coefficient (Wildman–Crippen LogP) is 3.56. The molecule has 2 aromatic carbocycles. The van der Waals surface area contributed by atoms with Gasteiger partial charge in [0, 0.05) is 6.07 Å². The van der Waals surface area contributed by atoms with E-state index in [-0.39, 0.29) is 21.4 Å². The minimum Gasteiger partial charge on any atom is -0.481 e. The summed E-state index contributed by atoms with van der Waals surface area (Å²) < 4.78 is 14.8. The Kier molecular flexibility index (Phi) is 6.05. The number of halogens is 3. The van der Waals surface area contributed by atoms with Crippen LogP contribution in [0.4, 0.5) is 4.39 Å². The SMILES string of the molecule is O=C(O)CC(NC(=O)c1cc(=O)n(-c2ccccc2F)[nH]1)c1ccc(Cl)c(Cl)c1. The average Bonchev–Trinajstić information content (AvgIpc) is 3.05. The number of carboxylic acid groups (broad SMARTS) is 1. The Morgan fingerprint density at radius 1 is 1.14 bits per heavy atom. The molecule has 3 N–H and O–H groups in total. The molecule has 7 nitrogen and oxygen atoms in total. The lowest BCUT2D eigenvalue weighted by Gasteiger charge is -2.17. The number of benzene rings is 2. The van der Waals surface area contributed by atoms with Crippen molar-refractivity contribution >= 4 is 35.1 Å². The van der Waals surface area contributed by atoms with E-state index in [1.165, 1.54) is 36.4 Å². The fraction of sp³-hybridized carbons (Fsp3) is 0.105. The second-order valence-corrected chi connectivity index (χ2v) is 6.91. The van der Waals surface area contributed by atoms with Crippen LogP contribution in [0, 0.1) is 5.82 Å². The molecule has 1 heterocycles. The fourth-order valence-corrected chi connectivity index (χ4v) is 3.02. The van der Waals surface area contributed by atoms with Crippen LogP contribution in [0.15, 0.2) is 53.3 Å². The van der Waals surface area contributed by atoms with Crippen molar-refractivity contribution in [2.24, 2.45) is 0 Å². The highest BCUT2D eigenvalue weighted by Crippen LogP contribution is 2.27. The van der Waals surface area contributed by atoms with Gasteiger partial charge >= 0.3 is 5.97 Å². The Morgan fingerprint density at radius 2 is 1.86 bits per heavy atom. The maximum absolute atomic E-state index is 13.9. The number of nitrogens with zero attached hydrogens (tertiary/aromatic N) is 1. The van der Waals surface area contributed by atoms with Crippen LogP contribution in [-0.4, -0.2) is 26.8 Å². The molecule has 0 fully saturated rings. The summed E-state index contributed by atoms with van der Waals surface area (Å²) in [4.78, 5) is 36.0. The first-order valence-electron chi connectivity index (χ1n) is 8.31. The van der Waals surface area contributed by atoms with Gasteiger partial charge in [-0.05, 0) is 29.8 Å². The van der Waals surface area contributed by atoms with Gasteiger partial charge in [-0.25, -0.2) is 9.07 Å². The largest absolute Gasteiger partial charge is 0.481 e. The summed E-state index contributed by atoms with van der Waals surface area (Å²) in [7, 11) is 0. The summed E-state index contributed by atoms with van der Waals surface area (Å²) in [5.74, 6) is -2.55. The summed E-state index contributed by atoms with van der Waals surface area (Å²) >= 11 is 11.9. The number of aromatic nitrogens is 2. The van der Waals surface area contributed by atoms with Gasteiger partial charge in [0.1, 0.15) is 17.2 Å². The first-order valence-corrected chi connectivity index (χ1v) is 9.06. The molecule has 0 aliphatic carbocycles. The number of nitrogens with one attached hydrogen (secondary N) is 2. The quantitative estimate of drug-likeness (QED) is 0.548. The molecule has 0 aliphatic heterocycles. The smallest absolute Gasteiger partial charge is 0.305 e. The molecule has 3 rings (SSSR count). The Bertz CT molecular complexity index is 1140. The molecular formula is C19H14Cl2FN3O4. The molecule has 150 valence electrons. The van der Waals surface area contributed by atoms with Crippen LogP contribution in [0.2, 0.25) is 10.0 Å². The van der Waals surface area contributed by atoms with Crippen LogP contribution in [0.25, 0.3) is 5.69 Å². The highest BCUT2D eigenvalue weighted by molar-refractivity contribution is 6.42. The third-order valence-electron chi connectivity index (χ3n) is 4.09. The lowest BCUT2D eigenvalue weighted by Crippen LogP contribution is -2.30. The van der Waals surface area contributed by atoms with Crippen molar-refractivity contribution in [2.75, 3.05) is 0 Å². The van der Waals surface area contributed by atoms with Gasteiger partial charge in [0.05, 0.1) is 22.5 Å². The van der Waals surface area contributed by atoms with E-state index >= 15 is 0 Å². The minimum absolute atomic E-state index is 0.0527. The van der Waals surface area contributed by atoms with E-state index in [0.29, 0.717) is 5.56 Å². The van der Waals surface area contributed by atoms with Gasteiger partial charge in [0.25, 0.3) is 11.5 Å². The Balaban J connectivity index is 1.89. The Hall–Kier alpha value is -3.10. The van der Waals surface area contributed by atoms with Gasteiger partial charge in [-0.15, -0.1) is 0 Å². The molecule has 3 aromatic rings. The molecule has 0 saturated carbocycles. The molecular weight excluding hydrogens is 424 g/mol. The van der Waals surface area contributed by atoms with Crippen molar-refractivity contribution in [3.8, 4) is 5.69 Å². The standard InChI is InChI=1S/C19H14Cl2FN3O4/c20-11-6-5-10(7-12(11)21)14(9-18(27)28)23-19(29)15-8-17(26)25(24-15)16-4-2-1-3-13(16)22/h1-8,14,24H,9H2,(H,23,29)(H,27,28). The number of carboxylic acids is 1.